The highest BCUT2D eigenvalue weighted by atomic mass is 35.5. The van der Waals surface area contributed by atoms with Crippen LogP contribution >= 0.6 is 12.4 Å². The Morgan fingerprint density at radius 2 is 1.64 bits per heavy atom. The van der Waals surface area contributed by atoms with Crippen molar-refractivity contribution < 1.29 is 4.79 Å². The quantitative estimate of drug-likeness (QED) is 0.721. The van der Waals surface area contributed by atoms with E-state index >= 15 is 0 Å². The summed E-state index contributed by atoms with van der Waals surface area (Å²) >= 11 is 0. The summed E-state index contributed by atoms with van der Waals surface area (Å²) in [6.45, 7) is 10.9. The van der Waals surface area contributed by atoms with E-state index in [2.05, 4.69) is 44.7 Å². The number of benzene rings is 1. The fourth-order valence-electron chi connectivity index (χ4n) is 2.71. The number of likely N-dealkylation sites (N-methyl/N-ethyl adjacent to an activating group) is 2. The molecule has 22 heavy (non-hydrogen) atoms. The summed E-state index contributed by atoms with van der Waals surface area (Å²) in [7, 11) is 1.94. The van der Waals surface area contributed by atoms with Gasteiger partial charge in [-0.05, 0) is 24.6 Å². The van der Waals surface area contributed by atoms with E-state index < -0.39 is 0 Å². The van der Waals surface area contributed by atoms with Crippen LogP contribution in [-0.2, 0) is 4.79 Å². The number of hydrogen-bond acceptors (Lipinski definition) is 2. The van der Waals surface area contributed by atoms with Crippen LogP contribution in [0.3, 0.4) is 0 Å². The molecule has 0 N–H and O–H groups in total. The third-order valence-corrected chi connectivity index (χ3v) is 4.39. The van der Waals surface area contributed by atoms with Crippen LogP contribution in [0.5, 0.6) is 0 Å². The minimum absolute atomic E-state index is 0. The molecule has 1 rings (SSSR count). The second-order valence-corrected chi connectivity index (χ2v) is 5.71. The first-order valence-corrected chi connectivity index (χ1v) is 8.07. The Balaban J connectivity index is 0.00000441. The maximum Gasteiger partial charge on any atom is 0.237 e. The normalized spacial score (nSPS) is 13.4. The lowest BCUT2D eigenvalue weighted by Crippen LogP contribution is -2.41. The zero-order valence-electron chi connectivity index (χ0n) is 14.6. The van der Waals surface area contributed by atoms with Gasteiger partial charge in [0.15, 0.2) is 0 Å². The molecule has 0 radical (unpaired) electrons. The molecule has 0 aliphatic carbocycles. The number of rotatable bonds is 8. The van der Waals surface area contributed by atoms with Crippen molar-refractivity contribution in [2.75, 3.05) is 26.7 Å². The molecular weight excluding hydrogens is 296 g/mol. The fourth-order valence-corrected chi connectivity index (χ4v) is 2.71. The number of nitrogens with zero attached hydrogens (tertiary/aromatic N) is 2. The second kappa shape index (κ2) is 10.6. The van der Waals surface area contributed by atoms with E-state index in [-0.39, 0.29) is 24.4 Å². The van der Waals surface area contributed by atoms with Gasteiger partial charge in [0.25, 0.3) is 0 Å². The Bertz CT molecular complexity index is 420. The van der Waals surface area contributed by atoms with Gasteiger partial charge < -0.3 is 4.90 Å². The van der Waals surface area contributed by atoms with Crippen molar-refractivity contribution in [1.29, 1.82) is 0 Å². The zero-order valence-corrected chi connectivity index (χ0v) is 15.4. The van der Waals surface area contributed by atoms with E-state index in [1.54, 1.807) is 0 Å². The Labute approximate surface area is 142 Å². The number of carbonyl (C=O) groups is 1. The van der Waals surface area contributed by atoms with Crippen molar-refractivity contribution in [3.05, 3.63) is 35.9 Å². The largest absolute Gasteiger partial charge is 0.337 e. The van der Waals surface area contributed by atoms with Gasteiger partial charge in [-0.1, -0.05) is 64.4 Å². The first-order valence-electron chi connectivity index (χ1n) is 8.07. The lowest BCUT2D eigenvalue weighted by molar-refractivity contribution is -0.134. The predicted molar refractivity (Wildman–Crippen MR) is 96.4 cm³/mol. The third kappa shape index (κ3) is 5.62. The average Bonchev–Trinajstić information content (AvgIpc) is 2.53. The number of halogens is 1. The maximum atomic E-state index is 12.6. The van der Waals surface area contributed by atoms with E-state index in [1.165, 1.54) is 5.56 Å². The van der Waals surface area contributed by atoms with Gasteiger partial charge in [0, 0.05) is 7.05 Å². The van der Waals surface area contributed by atoms with Crippen molar-refractivity contribution in [2.45, 2.75) is 40.2 Å². The maximum absolute atomic E-state index is 12.6. The highest BCUT2D eigenvalue weighted by Crippen LogP contribution is 2.29. The Hall–Kier alpha value is -1.06. The third-order valence-electron chi connectivity index (χ3n) is 4.39. The van der Waals surface area contributed by atoms with Crippen molar-refractivity contribution in [3.63, 3.8) is 0 Å². The van der Waals surface area contributed by atoms with Gasteiger partial charge in [-0.15, -0.1) is 12.4 Å². The van der Waals surface area contributed by atoms with Crippen LogP contribution in [0.4, 0.5) is 0 Å². The molecule has 3 nitrogen and oxygen atoms in total. The van der Waals surface area contributed by atoms with Crippen LogP contribution in [0.1, 0.15) is 45.7 Å². The van der Waals surface area contributed by atoms with E-state index in [4.69, 9.17) is 0 Å². The second-order valence-electron chi connectivity index (χ2n) is 5.71. The lowest BCUT2D eigenvalue weighted by atomic mass is 9.91. The van der Waals surface area contributed by atoms with Crippen LogP contribution in [-0.4, -0.2) is 42.4 Å². The van der Waals surface area contributed by atoms with Crippen molar-refractivity contribution in [3.8, 4) is 0 Å². The molecule has 0 spiro atoms. The summed E-state index contributed by atoms with van der Waals surface area (Å²) in [6.07, 6.45) is 1.06. The summed E-state index contributed by atoms with van der Waals surface area (Å²) in [5.74, 6) is 0.644. The van der Waals surface area contributed by atoms with E-state index in [0.29, 0.717) is 12.5 Å². The molecule has 4 heteroatoms. The SMILES string of the molecule is CCC(C)C(c1ccccc1)N(C)C(=O)CN(CC)CC.Cl. The molecule has 0 aliphatic rings. The number of carbonyl (C=O) groups excluding carboxylic acids is 1. The van der Waals surface area contributed by atoms with Gasteiger partial charge in [0.2, 0.25) is 5.91 Å². The Kier molecular flexibility index (Phi) is 10.1. The molecule has 1 aromatic rings. The highest BCUT2D eigenvalue weighted by molar-refractivity contribution is 5.85. The monoisotopic (exact) mass is 326 g/mol. The van der Waals surface area contributed by atoms with Crippen LogP contribution < -0.4 is 0 Å². The molecule has 1 amide bonds. The predicted octanol–water partition coefficient (Wildman–Crippen LogP) is 4.00. The zero-order chi connectivity index (χ0) is 15.8. The molecule has 0 bridgehead atoms. The van der Waals surface area contributed by atoms with Crippen LogP contribution in [0, 0.1) is 5.92 Å². The lowest BCUT2D eigenvalue weighted by Gasteiger charge is -2.34. The molecule has 0 aliphatic heterocycles. The fraction of sp³-hybridized carbons (Fsp3) is 0.611. The summed E-state index contributed by atoms with van der Waals surface area (Å²) in [5.41, 5.74) is 1.22. The molecule has 126 valence electrons. The van der Waals surface area contributed by atoms with Gasteiger partial charge in [0.05, 0.1) is 12.6 Å². The van der Waals surface area contributed by atoms with Crippen molar-refractivity contribution in [2.24, 2.45) is 5.92 Å². The van der Waals surface area contributed by atoms with Crippen LogP contribution in [0.15, 0.2) is 30.3 Å². The standard InChI is InChI=1S/C18H30N2O.ClH/c1-6-15(4)18(16-12-10-9-11-13-16)19(5)17(21)14-20(7-2)8-3;/h9-13,15,18H,6-8,14H2,1-5H3;1H. The molecule has 0 saturated carbocycles. The molecule has 2 unspecified atom stereocenters. The van der Waals surface area contributed by atoms with Gasteiger partial charge in [0.1, 0.15) is 0 Å². The minimum Gasteiger partial charge on any atom is -0.337 e. The number of amides is 1. The van der Waals surface area contributed by atoms with Crippen molar-refractivity contribution in [1.82, 2.24) is 9.80 Å². The molecule has 0 aromatic heterocycles. The topological polar surface area (TPSA) is 23.6 Å². The summed E-state index contributed by atoms with van der Waals surface area (Å²) in [4.78, 5) is 16.7. The van der Waals surface area contributed by atoms with Gasteiger partial charge in [-0.2, -0.15) is 0 Å². The molecule has 0 heterocycles. The first kappa shape index (κ1) is 20.9. The summed E-state index contributed by atoms with van der Waals surface area (Å²) in [5, 5.41) is 0. The van der Waals surface area contributed by atoms with Gasteiger partial charge in [-0.25, -0.2) is 0 Å². The van der Waals surface area contributed by atoms with E-state index in [1.807, 2.05) is 30.1 Å². The summed E-state index contributed by atoms with van der Waals surface area (Å²) in [6, 6.07) is 10.5. The van der Waals surface area contributed by atoms with Crippen LogP contribution in [0.25, 0.3) is 0 Å². The molecule has 0 saturated heterocycles. The molecule has 1 aromatic carbocycles. The summed E-state index contributed by atoms with van der Waals surface area (Å²) < 4.78 is 0. The average molecular weight is 327 g/mol. The molecule has 0 fully saturated rings. The Morgan fingerprint density at radius 3 is 2.09 bits per heavy atom. The number of hydrogen-bond donors (Lipinski definition) is 0. The van der Waals surface area contributed by atoms with E-state index in [0.717, 1.165) is 19.5 Å². The first-order chi connectivity index (χ1) is 10.0. The van der Waals surface area contributed by atoms with Gasteiger partial charge in [-0.3, -0.25) is 9.69 Å². The van der Waals surface area contributed by atoms with E-state index in [9.17, 15) is 4.79 Å². The van der Waals surface area contributed by atoms with Crippen LogP contribution in [0.2, 0.25) is 0 Å². The smallest absolute Gasteiger partial charge is 0.237 e. The highest BCUT2D eigenvalue weighted by Gasteiger charge is 2.26. The van der Waals surface area contributed by atoms with Crippen molar-refractivity contribution >= 4 is 18.3 Å². The Morgan fingerprint density at radius 1 is 1.09 bits per heavy atom. The minimum atomic E-state index is 0. The van der Waals surface area contributed by atoms with Gasteiger partial charge >= 0.3 is 0 Å². The molecular formula is C18H31ClN2O. The molecule has 2 atom stereocenters.